The van der Waals surface area contributed by atoms with Gasteiger partial charge >= 0.3 is 5.97 Å². The molecule has 0 amide bonds. The van der Waals surface area contributed by atoms with Gasteiger partial charge in [0.2, 0.25) is 0 Å². The van der Waals surface area contributed by atoms with Crippen LogP contribution < -0.4 is 0 Å². The molecule has 2 fully saturated rings. The second-order valence-corrected chi connectivity index (χ2v) is 5.84. The van der Waals surface area contributed by atoms with Gasteiger partial charge in [0.1, 0.15) is 0 Å². The highest BCUT2D eigenvalue weighted by Gasteiger charge is 2.33. The lowest BCUT2D eigenvalue weighted by Gasteiger charge is -2.44. The van der Waals surface area contributed by atoms with Crippen LogP contribution in [0.4, 0.5) is 0 Å². The molecule has 3 heterocycles. The predicted molar refractivity (Wildman–Crippen MR) is 76.5 cm³/mol. The minimum absolute atomic E-state index is 0.222. The van der Waals surface area contributed by atoms with Gasteiger partial charge in [-0.05, 0) is 50.9 Å². The maximum absolute atomic E-state index is 12.0. The Labute approximate surface area is 120 Å². The number of rotatable bonds is 3. The number of piperidine rings is 2. The highest BCUT2D eigenvalue weighted by Crippen LogP contribution is 2.31. The number of aromatic nitrogens is 1. The Morgan fingerprint density at radius 1 is 1.20 bits per heavy atom. The van der Waals surface area contributed by atoms with E-state index in [1.807, 2.05) is 0 Å². The van der Waals surface area contributed by atoms with Crippen LogP contribution in [-0.4, -0.2) is 41.6 Å². The van der Waals surface area contributed by atoms with Crippen molar-refractivity contribution in [1.29, 1.82) is 0 Å². The van der Waals surface area contributed by atoms with E-state index < -0.39 is 0 Å². The lowest BCUT2D eigenvalue weighted by atomic mass is 9.84. The topological polar surface area (TPSA) is 42.4 Å². The summed E-state index contributed by atoms with van der Waals surface area (Å²) >= 11 is 0. The molecule has 108 valence electrons. The molecule has 0 aromatic carbocycles. The summed E-state index contributed by atoms with van der Waals surface area (Å²) in [5.41, 5.74) is 0.594. The molecule has 1 aromatic heterocycles. The first-order valence-corrected chi connectivity index (χ1v) is 7.66. The number of fused-ring (bicyclic) bond motifs is 1. The molecule has 0 radical (unpaired) electrons. The van der Waals surface area contributed by atoms with Gasteiger partial charge in [0.05, 0.1) is 12.2 Å². The van der Waals surface area contributed by atoms with E-state index in [-0.39, 0.29) is 5.97 Å². The van der Waals surface area contributed by atoms with Crippen LogP contribution in [-0.2, 0) is 4.74 Å². The lowest BCUT2D eigenvalue weighted by Crippen LogP contribution is -2.49. The maximum atomic E-state index is 12.0. The van der Waals surface area contributed by atoms with E-state index in [0.717, 1.165) is 0 Å². The van der Waals surface area contributed by atoms with Gasteiger partial charge in [0.25, 0.3) is 0 Å². The number of nitrogens with zero attached hydrogens (tertiary/aromatic N) is 2. The van der Waals surface area contributed by atoms with E-state index in [1.165, 1.54) is 45.2 Å². The predicted octanol–water partition coefficient (Wildman–Crippen LogP) is 2.50. The van der Waals surface area contributed by atoms with Crippen molar-refractivity contribution < 1.29 is 9.53 Å². The average Bonchev–Trinajstić information content (AvgIpc) is 2.53. The molecular weight excluding hydrogens is 252 g/mol. The van der Waals surface area contributed by atoms with Crippen LogP contribution in [0.2, 0.25) is 0 Å². The molecule has 0 N–H and O–H groups in total. The molecule has 4 heteroatoms. The summed E-state index contributed by atoms with van der Waals surface area (Å²) < 4.78 is 5.52. The van der Waals surface area contributed by atoms with Crippen molar-refractivity contribution in [3.63, 3.8) is 0 Å². The Balaban J connectivity index is 1.56. The van der Waals surface area contributed by atoms with Gasteiger partial charge in [-0.15, -0.1) is 0 Å². The molecular formula is C16H22N2O2. The van der Waals surface area contributed by atoms with Gasteiger partial charge in [0, 0.05) is 24.4 Å². The number of carbonyl (C=O) groups excluding carboxylic acids is 1. The highest BCUT2D eigenvalue weighted by atomic mass is 16.5. The number of hydrogen-bond acceptors (Lipinski definition) is 4. The summed E-state index contributed by atoms with van der Waals surface area (Å²) in [4.78, 5) is 18.5. The summed E-state index contributed by atoms with van der Waals surface area (Å²) in [6.07, 6.45) is 9.56. The van der Waals surface area contributed by atoms with Gasteiger partial charge in [-0.2, -0.15) is 0 Å². The van der Waals surface area contributed by atoms with E-state index in [9.17, 15) is 4.79 Å². The standard InChI is InChI=1S/C16H22N2O2/c19-16(13-6-8-17-9-7-13)20-12-14-4-3-11-18-10-2-1-5-15(14)18/h6-9,14-15H,1-5,10-12H2/t14-,15-/m0/s1. The molecule has 2 aliphatic rings. The molecule has 0 aliphatic carbocycles. The van der Waals surface area contributed by atoms with Crippen molar-refractivity contribution >= 4 is 5.97 Å². The fraction of sp³-hybridized carbons (Fsp3) is 0.625. The summed E-state index contributed by atoms with van der Waals surface area (Å²) in [6.45, 7) is 3.00. The minimum atomic E-state index is -0.222. The van der Waals surface area contributed by atoms with Crippen LogP contribution in [0, 0.1) is 5.92 Å². The van der Waals surface area contributed by atoms with Crippen molar-refractivity contribution in [3.8, 4) is 0 Å². The van der Waals surface area contributed by atoms with E-state index in [4.69, 9.17) is 4.74 Å². The number of hydrogen-bond donors (Lipinski definition) is 0. The van der Waals surface area contributed by atoms with Crippen LogP contribution in [0.25, 0.3) is 0 Å². The third kappa shape index (κ3) is 3.01. The summed E-state index contributed by atoms with van der Waals surface area (Å²) in [6, 6.07) is 4.04. The SMILES string of the molecule is O=C(OC[C@@H]1CCCN2CCCC[C@@H]12)c1ccncc1. The zero-order chi connectivity index (χ0) is 13.8. The van der Waals surface area contributed by atoms with Crippen LogP contribution >= 0.6 is 0 Å². The van der Waals surface area contributed by atoms with Gasteiger partial charge < -0.3 is 4.74 Å². The van der Waals surface area contributed by atoms with Gasteiger partial charge in [-0.1, -0.05) is 6.42 Å². The zero-order valence-corrected chi connectivity index (χ0v) is 11.8. The van der Waals surface area contributed by atoms with E-state index in [1.54, 1.807) is 24.5 Å². The second-order valence-electron chi connectivity index (χ2n) is 5.84. The summed E-state index contributed by atoms with van der Waals surface area (Å²) in [5, 5.41) is 0. The smallest absolute Gasteiger partial charge is 0.338 e. The van der Waals surface area contributed by atoms with Crippen molar-refractivity contribution in [3.05, 3.63) is 30.1 Å². The monoisotopic (exact) mass is 274 g/mol. The molecule has 0 unspecified atom stereocenters. The Morgan fingerprint density at radius 2 is 2.00 bits per heavy atom. The number of pyridine rings is 1. The maximum Gasteiger partial charge on any atom is 0.338 e. The van der Waals surface area contributed by atoms with E-state index >= 15 is 0 Å². The van der Waals surface area contributed by atoms with Crippen LogP contribution in [0.15, 0.2) is 24.5 Å². The molecule has 0 bridgehead atoms. The molecule has 4 nitrogen and oxygen atoms in total. The largest absolute Gasteiger partial charge is 0.462 e. The summed E-state index contributed by atoms with van der Waals surface area (Å²) in [5.74, 6) is 0.287. The Hall–Kier alpha value is -1.42. The zero-order valence-electron chi connectivity index (χ0n) is 11.8. The quantitative estimate of drug-likeness (QED) is 0.794. The molecule has 3 rings (SSSR count). The molecule has 0 saturated carbocycles. The lowest BCUT2D eigenvalue weighted by molar-refractivity contribution is 0.00738. The molecule has 2 saturated heterocycles. The third-order valence-electron chi connectivity index (χ3n) is 4.57. The van der Waals surface area contributed by atoms with Crippen LogP contribution in [0.3, 0.4) is 0 Å². The van der Waals surface area contributed by atoms with Crippen molar-refractivity contribution in [2.75, 3.05) is 19.7 Å². The number of esters is 1. The van der Waals surface area contributed by atoms with E-state index in [2.05, 4.69) is 9.88 Å². The molecule has 20 heavy (non-hydrogen) atoms. The number of ether oxygens (including phenoxy) is 1. The van der Waals surface area contributed by atoms with Crippen molar-refractivity contribution in [2.45, 2.75) is 38.1 Å². The average molecular weight is 274 g/mol. The van der Waals surface area contributed by atoms with E-state index in [0.29, 0.717) is 24.1 Å². The van der Waals surface area contributed by atoms with Gasteiger partial charge in [0.15, 0.2) is 0 Å². The molecule has 0 spiro atoms. The first-order valence-electron chi connectivity index (χ1n) is 7.66. The van der Waals surface area contributed by atoms with Crippen molar-refractivity contribution in [2.24, 2.45) is 5.92 Å². The van der Waals surface area contributed by atoms with Crippen molar-refractivity contribution in [1.82, 2.24) is 9.88 Å². The molecule has 1 aromatic rings. The minimum Gasteiger partial charge on any atom is -0.462 e. The normalized spacial score (nSPS) is 26.8. The first-order chi connectivity index (χ1) is 9.84. The second kappa shape index (κ2) is 6.35. The third-order valence-corrected chi connectivity index (χ3v) is 4.57. The van der Waals surface area contributed by atoms with Crippen LogP contribution in [0.5, 0.6) is 0 Å². The fourth-order valence-corrected chi connectivity index (χ4v) is 3.53. The Bertz CT molecular complexity index is 447. The summed E-state index contributed by atoms with van der Waals surface area (Å²) in [7, 11) is 0. The van der Waals surface area contributed by atoms with Crippen LogP contribution in [0.1, 0.15) is 42.5 Å². The van der Waals surface area contributed by atoms with Gasteiger partial charge in [-0.3, -0.25) is 9.88 Å². The molecule has 2 atom stereocenters. The Morgan fingerprint density at radius 3 is 2.85 bits per heavy atom. The number of carbonyl (C=O) groups is 1. The first kappa shape index (κ1) is 13.6. The highest BCUT2D eigenvalue weighted by molar-refractivity contribution is 5.89. The molecule has 2 aliphatic heterocycles. The fourth-order valence-electron chi connectivity index (χ4n) is 3.53. The van der Waals surface area contributed by atoms with Gasteiger partial charge in [-0.25, -0.2) is 4.79 Å². The Kier molecular flexibility index (Phi) is 4.31.